The number of nitrogens with two attached hydrogens (primary N) is 1. The van der Waals surface area contributed by atoms with E-state index in [4.69, 9.17) is 5.73 Å². The normalized spacial score (nSPS) is 11.3. The molecule has 0 bridgehead atoms. The highest BCUT2D eigenvalue weighted by Crippen LogP contribution is 2.25. The number of nitrogens with zero attached hydrogens (tertiary/aromatic N) is 1. The zero-order chi connectivity index (χ0) is 15.3. The lowest BCUT2D eigenvalue weighted by atomic mass is 10.3. The van der Waals surface area contributed by atoms with Crippen LogP contribution in [0.25, 0.3) is 0 Å². The number of pyridine rings is 1. The standard InChI is InChI=1S/C13H14BrN3O2S2/c14-10-4-3-7-16-13(10)17-21(18,19)9-8-20-12-6-2-1-5-11(12)15/h1-7H,8-9,15H2,(H,16,17). The lowest BCUT2D eigenvalue weighted by Crippen LogP contribution is -2.19. The van der Waals surface area contributed by atoms with Crippen molar-refractivity contribution in [2.45, 2.75) is 4.90 Å². The molecule has 1 aromatic heterocycles. The van der Waals surface area contributed by atoms with Gasteiger partial charge in [-0.15, -0.1) is 11.8 Å². The molecule has 0 unspecified atom stereocenters. The number of sulfonamides is 1. The molecule has 5 nitrogen and oxygen atoms in total. The number of rotatable bonds is 6. The summed E-state index contributed by atoms with van der Waals surface area (Å²) in [5.74, 6) is 0.685. The van der Waals surface area contributed by atoms with E-state index in [1.54, 1.807) is 18.2 Å². The summed E-state index contributed by atoms with van der Waals surface area (Å²) in [6, 6.07) is 10.8. The fourth-order valence-corrected chi connectivity index (χ4v) is 4.42. The van der Waals surface area contributed by atoms with Crippen LogP contribution in [0.3, 0.4) is 0 Å². The first-order valence-corrected chi connectivity index (χ1v) is 9.49. The van der Waals surface area contributed by atoms with E-state index in [0.29, 0.717) is 21.7 Å². The molecular formula is C13H14BrN3O2S2. The summed E-state index contributed by atoms with van der Waals surface area (Å²) in [5.41, 5.74) is 6.46. The Bertz CT molecular complexity index is 723. The van der Waals surface area contributed by atoms with Gasteiger partial charge in [0.25, 0.3) is 0 Å². The molecule has 0 radical (unpaired) electrons. The molecule has 0 aliphatic rings. The molecule has 112 valence electrons. The van der Waals surface area contributed by atoms with E-state index in [1.165, 1.54) is 18.0 Å². The second kappa shape index (κ2) is 7.15. The van der Waals surface area contributed by atoms with E-state index in [-0.39, 0.29) is 5.75 Å². The third-order valence-electron chi connectivity index (χ3n) is 2.54. The smallest absolute Gasteiger partial charge is 0.234 e. The number of para-hydroxylation sites is 1. The predicted molar refractivity (Wildman–Crippen MR) is 90.9 cm³/mol. The highest BCUT2D eigenvalue weighted by Gasteiger charge is 2.13. The van der Waals surface area contributed by atoms with Gasteiger partial charge in [-0.05, 0) is 40.2 Å². The van der Waals surface area contributed by atoms with Crippen LogP contribution in [0.4, 0.5) is 11.5 Å². The third-order valence-corrected chi connectivity index (χ3v) is 5.77. The predicted octanol–water partition coefficient (Wildman–Crippen LogP) is 2.96. The van der Waals surface area contributed by atoms with Crippen LogP contribution in [-0.2, 0) is 10.0 Å². The number of thioether (sulfide) groups is 1. The van der Waals surface area contributed by atoms with Gasteiger partial charge < -0.3 is 5.73 Å². The average Bonchev–Trinajstić information content (AvgIpc) is 2.43. The number of anilines is 2. The van der Waals surface area contributed by atoms with Crippen LogP contribution in [0.2, 0.25) is 0 Å². The number of aromatic nitrogens is 1. The summed E-state index contributed by atoms with van der Waals surface area (Å²) in [7, 11) is -3.44. The van der Waals surface area contributed by atoms with Gasteiger partial charge in [-0.1, -0.05) is 12.1 Å². The minimum Gasteiger partial charge on any atom is -0.398 e. The fourth-order valence-electron chi connectivity index (χ4n) is 1.53. The summed E-state index contributed by atoms with van der Waals surface area (Å²) in [6.07, 6.45) is 1.53. The van der Waals surface area contributed by atoms with Gasteiger partial charge >= 0.3 is 0 Å². The number of nitrogens with one attached hydrogen (secondary N) is 1. The van der Waals surface area contributed by atoms with E-state index < -0.39 is 10.0 Å². The maximum absolute atomic E-state index is 12.0. The van der Waals surface area contributed by atoms with Crippen molar-refractivity contribution in [1.82, 2.24) is 4.98 Å². The molecule has 0 aliphatic heterocycles. The molecule has 2 aromatic rings. The van der Waals surface area contributed by atoms with Crippen LogP contribution < -0.4 is 10.5 Å². The Kier molecular flexibility index (Phi) is 5.49. The van der Waals surface area contributed by atoms with Crippen molar-refractivity contribution in [3.05, 3.63) is 47.1 Å². The molecule has 1 aromatic carbocycles. The highest BCUT2D eigenvalue weighted by atomic mass is 79.9. The van der Waals surface area contributed by atoms with Crippen LogP contribution in [0, 0.1) is 0 Å². The van der Waals surface area contributed by atoms with Gasteiger partial charge in [0.15, 0.2) is 5.82 Å². The summed E-state index contributed by atoms with van der Waals surface area (Å²) >= 11 is 4.66. The molecule has 0 fully saturated rings. The topological polar surface area (TPSA) is 85.1 Å². The molecule has 0 saturated carbocycles. The lowest BCUT2D eigenvalue weighted by molar-refractivity contribution is 0.602. The lowest BCUT2D eigenvalue weighted by Gasteiger charge is -2.09. The van der Waals surface area contributed by atoms with Gasteiger partial charge in [-0.2, -0.15) is 0 Å². The largest absolute Gasteiger partial charge is 0.398 e. The van der Waals surface area contributed by atoms with Crippen molar-refractivity contribution in [1.29, 1.82) is 0 Å². The molecule has 0 spiro atoms. The van der Waals surface area contributed by atoms with Crippen molar-refractivity contribution in [3.8, 4) is 0 Å². The second-order valence-electron chi connectivity index (χ2n) is 4.14. The first-order chi connectivity index (χ1) is 9.98. The van der Waals surface area contributed by atoms with Crippen LogP contribution >= 0.6 is 27.7 Å². The van der Waals surface area contributed by atoms with Gasteiger partial charge in [0.2, 0.25) is 10.0 Å². The molecular weight excluding hydrogens is 374 g/mol. The average molecular weight is 388 g/mol. The summed E-state index contributed by atoms with van der Waals surface area (Å²) in [6.45, 7) is 0. The van der Waals surface area contributed by atoms with Gasteiger partial charge in [0, 0.05) is 22.5 Å². The highest BCUT2D eigenvalue weighted by molar-refractivity contribution is 9.10. The zero-order valence-electron chi connectivity index (χ0n) is 11.0. The minimum atomic E-state index is -3.44. The van der Waals surface area contributed by atoms with E-state index >= 15 is 0 Å². The Labute approximate surface area is 136 Å². The number of hydrogen-bond acceptors (Lipinski definition) is 5. The Morgan fingerprint density at radius 1 is 1.24 bits per heavy atom. The molecule has 8 heteroatoms. The molecule has 0 amide bonds. The van der Waals surface area contributed by atoms with E-state index in [2.05, 4.69) is 25.6 Å². The Morgan fingerprint density at radius 2 is 2.00 bits per heavy atom. The molecule has 21 heavy (non-hydrogen) atoms. The Hall–Kier alpha value is -1.25. The van der Waals surface area contributed by atoms with E-state index in [1.807, 2.05) is 18.2 Å². The molecule has 0 saturated heterocycles. The second-order valence-corrected chi connectivity index (χ2v) is 7.97. The monoisotopic (exact) mass is 387 g/mol. The quantitative estimate of drug-likeness (QED) is 0.587. The van der Waals surface area contributed by atoms with E-state index in [0.717, 1.165) is 4.90 Å². The van der Waals surface area contributed by atoms with Crippen LogP contribution in [0.1, 0.15) is 0 Å². The van der Waals surface area contributed by atoms with Crippen molar-refractivity contribution in [2.24, 2.45) is 0 Å². The fraction of sp³-hybridized carbons (Fsp3) is 0.154. The Morgan fingerprint density at radius 3 is 2.71 bits per heavy atom. The number of hydrogen-bond donors (Lipinski definition) is 2. The van der Waals surface area contributed by atoms with Crippen molar-refractivity contribution in [3.63, 3.8) is 0 Å². The molecule has 1 heterocycles. The Balaban J connectivity index is 1.93. The number of nitrogen functional groups attached to an aromatic ring is 1. The first-order valence-electron chi connectivity index (χ1n) is 6.06. The molecule has 0 aliphatic carbocycles. The molecule has 0 atom stereocenters. The van der Waals surface area contributed by atoms with Crippen LogP contribution in [0.5, 0.6) is 0 Å². The maximum Gasteiger partial charge on any atom is 0.234 e. The van der Waals surface area contributed by atoms with Gasteiger partial charge in [-0.3, -0.25) is 4.72 Å². The first kappa shape index (κ1) is 16.1. The molecule has 3 N–H and O–H groups in total. The van der Waals surface area contributed by atoms with Gasteiger partial charge in [0.05, 0.1) is 10.2 Å². The summed E-state index contributed by atoms with van der Waals surface area (Å²) in [4.78, 5) is 4.86. The maximum atomic E-state index is 12.0. The van der Waals surface area contributed by atoms with Crippen molar-refractivity contribution >= 4 is 49.2 Å². The van der Waals surface area contributed by atoms with Crippen LogP contribution in [-0.4, -0.2) is 24.9 Å². The summed E-state index contributed by atoms with van der Waals surface area (Å²) < 4.78 is 27.1. The molecule has 2 rings (SSSR count). The minimum absolute atomic E-state index is 0.0188. The van der Waals surface area contributed by atoms with Crippen molar-refractivity contribution in [2.75, 3.05) is 22.0 Å². The number of halogens is 1. The summed E-state index contributed by atoms with van der Waals surface area (Å²) in [5, 5.41) is 0. The van der Waals surface area contributed by atoms with Crippen molar-refractivity contribution < 1.29 is 8.42 Å². The van der Waals surface area contributed by atoms with Crippen LogP contribution in [0.15, 0.2) is 52.0 Å². The van der Waals surface area contributed by atoms with E-state index in [9.17, 15) is 8.42 Å². The van der Waals surface area contributed by atoms with Gasteiger partial charge in [-0.25, -0.2) is 13.4 Å². The third kappa shape index (κ3) is 4.90. The van der Waals surface area contributed by atoms with Gasteiger partial charge in [0.1, 0.15) is 0 Å². The SMILES string of the molecule is Nc1ccccc1SCCS(=O)(=O)Nc1ncccc1Br. The number of benzene rings is 1. The zero-order valence-corrected chi connectivity index (χ0v) is 14.2.